The molecule has 0 aliphatic carbocycles. The molecule has 0 saturated heterocycles. The van der Waals surface area contributed by atoms with Gasteiger partial charge in [-0.3, -0.25) is 0 Å². The molecule has 276 valence electrons. The fourth-order valence-electron chi connectivity index (χ4n) is 5.77. The topological polar surface area (TPSA) is 0 Å². The molecule has 2 radical (unpaired) electrons. The van der Waals surface area contributed by atoms with Crippen LogP contribution in [-0.4, -0.2) is 28.0 Å². The van der Waals surface area contributed by atoms with Crippen LogP contribution in [0.1, 0.15) is 68.2 Å². The number of hydrogen-bond donors (Lipinski definition) is 0. The molecule has 13 heteroatoms. The molecule has 1 unspecified atom stereocenters. The zero-order valence-electron chi connectivity index (χ0n) is 29.1. The zero-order valence-corrected chi connectivity index (χ0v) is 34.1. The third kappa shape index (κ3) is 10.3. The van der Waals surface area contributed by atoms with E-state index in [0.717, 1.165) is 32.6 Å². The summed E-state index contributed by atoms with van der Waals surface area (Å²) in [5, 5.41) is 4.34. The van der Waals surface area contributed by atoms with Crippen LogP contribution in [0, 0.1) is 6.92 Å². The Morgan fingerprint density at radius 2 is 1.18 bits per heavy atom. The summed E-state index contributed by atoms with van der Waals surface area (Å²) in [6.07, 6.45) is -18.7. The normalized spacial score (nSPS) is 12.7. The SMILES string of the molecule is CCC(C)c1cccc2[cH-]c(C(C)C)cc12.C[Si]C.Cc1cc2c(-c3ccc(C(C(F)(F)F)(C(F)(F)F)C(F)(F)F)cc3)cccc2[cH-]1.[Cl][Zr+2][Cl]. The zero-order chi connectivity index (χ0) is 38.9. The van der Waals surface area contributed by atoms with Crippen molar-refractivity contribution in [3.05, 3.63) is 107 Å². The number of aryl methyl sites for hydroxylation is 1. The molecule has 1 atom stereocenters. The van der Waals surface area contributed by atoms with Gasteiger partial charge in [0.2, 0.25) is 0 Å². The molecule has 0 aliphatic heterocycles. The molecule has 5 aromatic carbocycles. The minimum absolute atomic E-state index is 0.199. The van der Waals surface area contributed by atoms with Gasteiger partial charge < -0.3 is 0 Å². The predicted octanol–water partition coefficient (Wildman–Crippen LogP) is 14.8. The van der Waals surface area contributed by atoms with Crippen LogP contribution in [-0.2, 0) is 26.3 Å². The van der Waals surface area contributed by atoms with Gasteiger partial charge in [-0.2, -0.15) is 51.6 Å². The second-order valence-corrected chi connectivity index (χ2v) is 17.1. The molecule has 0 nitrogen and oxygen atoms in total. The summed E-state index contributed by atoms with van der Waals surface area (Å²) in [6, 6.07) is 22.1. The van der Waals surface area contributed by atoms with Gasteiger partial charge in [0.25, 0.3) is 5.41 Å². The first-order valence-corrected chi connectivity index (χ1v) is 24.2. The van der Waals surface area contributed by atoms with E-state index in [0.29, 0.717) is 22.8 Å². The molecule has 0 aliphatic rings. The van der Waals surface area contributed by atoms with Crippen LogP contribution in [0.2, 0.25) is 13.1 Å². The first-order chi connectivity index (χ1) is 23.7. The summed E-state index contributed by atoms with van der Waals surface area (Å²) >= 11 is -0.826. The summed E-state index contributed by atoms with van der Waals surface area (Å²) < 4.78 is 119. The van der Waals surface area contributed by atoms with Crippen molar-refractivity contribution in [2.75, 3.05) is 0 Å². The van der Waals surface area contributed by atoms with Crippen LogP contribution in [0.3, 0.4) is 0 Å². The molecule has 51 heavy (non-hydrogen) atoms. The first-order valence-electron chi connectivity index (χ1n) is 15.9. The Morgan fingerprint density at radius 1 is 0.706 bits per heavy atom. The van der Waals surface area contributed by atoms with Crippen molar-refractivity contribution in [3.63, 3.8) is 0 Å². The number of alkyl halides is 9. The average molecular weight is 857 g/mol. The van der Waals surface area contributed by atoms with Crippen molar-refractivity contribution in [1.82, 2.24) is 0 Å². The van der Waals surface area contributed by atoms with E-state index in [9.17, 15) is 39.5 Å². The summed E-state index contributed by atoms with van der Waals surface area (Å²) in [6.45, 7) is 15.2. The van der Waals surface area contributed by atoms with Crippen LogP contribution < -0.4 is 0 Å². The average Bonchev–Trinajstić information content (AvgIpc) is 3.63. The van der Waals surface area contributed by atoms with Crippen molar-refractivity contribution >= 4 is 48.1 Å². The number of fused-ring (bicyclic) bond motifs is 2. The molecule has 0 saturated carbocycles. The Balaban J connectivity index is 0.000000343. The predicted molar refractivity (Wildman–Crippen MR) is 191 cm³/mol. The molecular weight excluding hydrogens is 818 g/mol. The maximum absolute atomic E-state index is 13.2. The van der Waals surface area contributed by atoms with E-state index in [1.807, 2.05) is 6.07 Å². The Hall–Kier alpha value is -2.07. The second kappa shape index (κ2) is 18.8. The molecule has 0 bridgehead atoms. The van der Waals surface area contributed by atoms with E-state index in [4.69, 9.17) is 17.0 Å². The maximum atomic E-state index is 13.2. The van der Waals surface area contributed by atoms with Gasteiger partial charge in [-0.1, -0.05) is 102 Å². The molecule has 0 fully saturated rings. The van der Waals surface area contributed by atoms with Crippen molar-refractivity contribution < 1.29 is 60.4 Å². The van der Waals surface area contributed by atoms with Gasteiger partial charge in [0, 0.05) is 9.52 Å². The van der Waals surface area contributed by atoms with Gasteiger partial charge >= 0.3 is 56.4 Å². The monoisotopic (exact) mass is 854 g/mol. The minimum atomic E-state index is -6.63. The molecule has 0 aromatic heterocycles. The second-order valence-electron chi connectivity index (χ2n) is 12.3. The summed E-state index contributed by atoms with van der Waals surface area (Å²) in [5.41, 5.74) is -3.37. The molecule has 0 heterocycles. The summed E-state index contributed by atoms with van der Waals surface area (Å²) in [7, 11) is 11.0. The molecular formula is C38H39Cl2F9SiZr. The van der Waals surface area contributed by atoms with E-state index in [-0.39, 0.29) is 17.7 Å². The van der Waals surface area contributed by atoms with E-state index in [1.165, 1.54) is 28.3 Å². The third-order valence-corrected chi connectivity index (χ3v) is 8.42. The van der Waals surface area contributed by atoms with Crippen LogP contribution in [0.4, 0.5) is 39.5 Å². The molecule has 0 spiro atoms. The van der Waals surface area contributed by atoms with E-state index < -0.39 is 50.4 Å². The molecule has 5 aromatic rings. The van der Waals surface area contributed by atoms with Crippen molar-refractivity contribution in [3.8, 4) is 11.1 Å². The van der Waals surface area contributed by atoms with Crippen molar-refractivity contribution in [2.45, 2.75) is 89.9 Å². The number of rotatable bonds is 5. The van der Waals surface area contributed by atoms with Gasteiger partial charge in [0.05, 0.1) is 0 Å². The number of hydrogen-bond acceptors (Lipinski definition) is 0. The van der Waals surface area contributed by atoms with E-state index >= 15 is 0 Å². The Labute approximate surface area is 314 Å². The van der Waals surface area contributed by atoms with Crippen molar-refractivity contribution in [2.24, 2.45) is 0 Å². The van der Waals surface area contributed by atoms with Gasteiger partial charge in [0.1, 0.15) is 0 Å². The standard InChI is InChI=1S/C20H12F9.C16H21.C2H6Si.2ClH.Zr/c1-11-9-13-3-2-4-15(16(13)10-11)12-5-7-14(8-6-12)17(18(21,22)23,19(24,25)26)20(27,28)29;1-5-12(4)15-8-6-7-13-9-14(11(2)3)10-16(13)15;1-3-2;;;/h2-10H,1H3;6-12H,5H2,1-4H3;1-2H3;2*1H;/q2*-1;;;;+4/p-2. The first kappa shape index (κ1) is 45.1. The summed E-state index contributed by atoms with van der Waals surface area (Å²) in [4.78, 5) is 0. The van der Waals surface area contributed by atoms with E-state index in [2.05, 4.69) is 71.1 Å². The summed E-state index contributed by atoms with van der Waals surface area (Å²) in [5.74, 6) is 1.28. The van der Waals surface area contributed by atoms with Gasteiger partial charge in [-0.15, -0.1) is 69.1 Å². The van der Waals surface area contributed by atoms with Crippen LogP contribution in [0.5, 0.6) is 0 Å². The molecule has 5 rings (SSSR count). The quantitative estimate of drug-likeness (QED) is 0.0938. The molecule has 0 N–H and O–H groups in total. The Kier molecular flexibility index (Phi) is 16.6. The number of benzene rings is 3. The van der Waals surface area contributed by atoms with Gasteiger partial charge in [-0.05, 0) is 23.0 Å². The third-order valence-electron chi connectivity index (χ3n) is 8.42. The van der Waals surface area contributed by atoms with Crippen molar-refractivity contribution in [1.29, 1.82) is 0 Å². The fourth-order valence-corrected chi connectivity index (χ4v) is 5.77. The van der Waals surface area contributed by atoms with Crippen LogP contribution in [0.15, 0.2) is 84.9 Å². The Morgan fingerprint density at radius 3 is 1.63 bits per heavy atom. The van der Waals surface area contributed by atoms with Crippen LogP contribution >= 0.6 is 17.0 Å². The van der Waals surface area contributed by atoms with Crippen LogP contribution in [0.25, 0.3) is 32.7 Å². The van der Waals surface area contributed by atoms with E-state index in [1.54, 1.807) is 31.2 Å². The molecule has 0 amide bonds. The fraction of sp³-hybridized carbons (Fsp3) is 0.368. The Bertz CT molecular complexity index is 1760. The number of halogens is 11. The van der Waals surface area contributed by atoms with Gasteiger partial charge in [-0.25, -0.2) is 0 Å². The van der Waals surface area contributed by atoms with Gasteiger partial charge in [0.15, 0.2) is 0 Å².